The van der Waals surface area contributed by atoms with Gasteiger partial charge in [0.2, 0.25) is 10.0 Å². The second kappa shape index (κ2) is 6.65. The van der Waals surface area contributed by atoms with Gasteiger partial charge in [0.25, 0.3) is 5.91 Å². The average molecular weight is 388 g/mol. The number of nitrogens with two attached hydrogens (primary N) is 1. The molecule has 1 aliphatic rings. The Kier molecular flexibility index (Phi) is 4.78. The van der Waals surface area contributed by atoms with Gasteiger partial charge in [0.1, 0.15) is 5.75 Å². The molecule has 1 aliphatic carbocycles. The minimum atomic E-state index is -3.72. The lowest BCUT2D eigenvalue weighted by Crippen LogP contribution is -2.29. The molecular weight excluding hydrogens is 364 g/mol. The zero-order valence-corrected chi connectivity index (χ0v) is 16.6. The number of methoxy groups -OCH3 is 1. The van der Waals surface area contributed by atoms with E-state index in [1.165, 1.54) is 12.1 Å². The molecule has 3 rings (SSSR count). The van der Waals surface area contributed by atoms with E-state index in [4.69, 9.17) is 9.88 Å². The van der Waals surface area contributed by atoms with E-state index in [0.717, 1.165) is 11.1 Å². The summed E-state index contributed by atoms with van der Waals surface area (Å²) in [7, 11) is -2.17. The molecule has 6 nitrogen and oxygen atoms in total. The van der Waals surface area contributed by atoms with Gasteiger partial charge in [-0.2, -0.15) is 0 Å². The molecule has 27 heavy (non-hydrogen) atoms. The van der Waals surface area contributed by atoms with Gasteiger partial charge in [-0.15, -0.1) is 0 Å². The number of hydrogen-bond donors (Lipinski definition) is 2. The Labute approximate surface area is 159 Å². The van der Waals surface area contributed by atoms with Gasteiger partial charge in [-0.25, -0.2) is 13.6 Å². The van der Waals surface area contributed by atoms with Crippen molar-refractivity contribution in [2.45, 2.75) is 37.6 Å². The van der Waals surface area contributed by atoms with Crippen molar-refractivity contribution >= 4 is 15.9 Å². The molecule has 2 aromatic rings. The Balaban J connectivity index is 1.79. The van der Waals surface area contributed by atoms with E-state index in [1.807, 2.05) is 19.1 Å². The topological polar surface area (TPSA) is 98.5 Å². The molecule has 3 N–H and O–H groups in total. The van der Waals surface area contributed by atoms with Crippen LogP contribution < -0.4 is 15.2 Å². The normalized spacial score (nSPS) is 20.8. The number of benzene rings is 2. The van der Waals surface area contributed by atoms with E-state index in [2.05, 4.69) is 19.2 Å². The van der Waals surface area contributed by atoms with E-state index in [1.54, 1.807) is 25.3 Å². The molecule has 1 saturated carbocycles. The van der Waals surface area contributed by atoms with Crippen molar-refractivity contribution in [1.29, 1.82) is 0 Å². The number of nitrogens with one attached hydrogen (secondary N) is 1. The summed E-state index contributed by atoms with van der Waals surface area (Å²) in [6.45, 7) is 6.08. The maximum atomic E-state index is 12.7. The van der Waals surface area contributed by atoms with E-state index in [9.17, 15) is 13.2 Å². The molecule has 0 unspecified atom stereocenters. The van der Waals surface area contributed by atoms with E-state index < -0.39 is 10.0 Å². The van der Waals surface area contributed by atoms with Crippen LogP contribution in [-0.4, -0.2) is 27.5 Å². The van der Waals surface area contributed by atoms with Gasteiger partial charge < -0.3 is 10.1 Å². The summed E-state index contributed by atoms with van der Waals surface area (Å²) < 4.78 is 28.2. The second-order valence-corrected chi connectivity index (χ2v) is 9.13. The predicted molar refractivity (Wildman–Crippen MR) is 103 cm³/mol. The van der Waals surface area contributed by atoms with Gasteiger partial charge in [0.05, 0.1) is 17.6 Å². The fourth-order valence-electron chi connectivity index (χ4n) is 3.60. The van der Waals surface area contributed by atoms with Gasteiger partial charge in [-0.3, -0.25) is 4.79 Å². The van der Waals surface area contributed by atoms with Gasteiger partial charge in [0, 0.05) is 12.0 Å². The lowest BCUT2D eigenvalue weighted by atomic mass is 10.0. The van der Waals surface area contributed by atoms with Gasteiger partial charge in [-0.05, 0) is 47.7 Å². The fourth-order valence-corrected chi connectivity index (χ4v) is 4.11. The van der Waals surface area contributed by atoms with Crippen LogP contribution in [0, 0.1) is 12.3 Å². The number of ether oxygens (including phenoxy) is 1. The largest absolute Gasteiger partial charge is 0.496 e. The number of hydrogen-bond acceptors (Lipinski definition) is 4. The number of sulfonamides is 1. The molecular formula is C20H24N2O4S. The lowest BCUT2D eigenvalue weighted by Gasteiger charge is -2.11. The van der Waals surface area contributed by atoms with Crippen molar-refractivity contribution in [2.24, 2.45) is 10.6 Å². The van der Waals surface area contributed by atoms with E-state index in [-0.39, 0.29) is 28.2 Å². The highest BCUT2D eigenvalue weighted by atomic mass is 32.2. The van der Waals surface area contributed by atoms with Crippen LogP contribution in [-0.2, 0) is 10.0 Å². The number of rotatable bonds is 5. The molecule has 0 spiro atoms. The van der Waals surface area contributed by atoms with Crippen LogP contribution in [0.15, 0.2) is 47.4 Å². The third kappa shape index (κ3) is 3.70. The Morgan fingerprint density at radius 2 is 1.78 bits per heavy atom. The highest BCUT2D eigenvalue weighted by Crippen LogP contribution is 2.58. The van der Waals surface area contributed by atoms with Gasteiger partial charge in [-0.1, -0.05) is 32.0 Å². The molecule has 1 amide bonds. The van der Waals surface area contributed by atoms with E-state index >= 15 is 0 Å². The Morgan fingerprint density at radius 1 is 1.15 bits per heavy atom. The first kappa shape index (κ1) is 19.4. The number of primary sulfonamides is 1. The summed E-state index contributed by atoms with van der Waals surface area (Å²) in [6.07, 6.45) is 0. The Morgan fingerprint density at radius 3 is 2.33 bits per heavy atom. The molecule has 0 saturated heterocycles. The number of carbonyl (C=O) groups excluding carboxylic acids is 1. The minimum absolute atomic E-state index is 0.0589. The zero-order valence-electron chi connectivity index (χ0n) is 15.8. The van der Waals surface area contributed by atoms with Crippen LogP contribution in [0.25, 0.3) is 0 Å². The summed E-state index contributed by atoms with van der Waals surface area (Å²) in [5, 5.41) is 8.24. The summed E-state index contributed by atoms with van der Waals surface area (Å²) in [4.78, 5) is 12.8. The number of amides is 1. The molecule has 1 fully saturated rings. The molecule has 0 radical (unpaired) electrons. The number of aryl methyl sites for hydroxylation is 1. The van der Waals surface area contributed by atoms with Gasteiger partial charge in [0.15, 0.2) is 0 Å². The first-order valence-corrected chi connectivity index (χ1v) is 10.2. The van der Waals surface area contributed by atoms with Crippen molar-refractivity contribution in [3.05, 3.63) is 59.2 Å². The Bertz CT molecular complexity index is 982. The molecule has 0 aromatic heterocycles. The molecule has 2 atom stereocenters. The van der Waals surface area contributed by atoms with Crippen molar-refractivity contribution < 1.29 is 17.9 Å². The smallest absolute Gasteiger partial charge is 0.255 e. The van der Waals surface area contributed by atoms with Crippen LogP contribution >= 0.6 is 0 Å². The average Bonchev–Trinajstić information content (AvgIpc) is 3.14. The third-order valence-electron chi connectivity index (χ3n) is 5.28. The molecule has 144 valence electrons. The van der Waals surface area contributed by atoms with Crippen LogP contribution in [0.5, 0.6) is 5.75 Å². The lowest BCUT2D eigenvalue weighted by molar-refractivity contribution is 0.0943. The summed E-state index contributed by atoms with van der Waals surface area (Å²) in [6, 6.07) is 11.9. The molecule has 0 aliphatic heterocycles. The summed E-state index contributed by atoms with van der Waals surface area (Å²) >= 11 is 0. The van der Waals surface area contributed by atoms with E-state index in [0.29, 0.717) is 11.3 Å². The van der Waals surface area contributed by atoms with Crippen LogP contribution in [0.4, 0.5) is 0 Å². The quantitative estimate of drug-likeness (QED) is 0.822. The fraction of sp³-hybridized carbons (Fsp3) is 0.350. The molecule has 0 bridgehead atoms. The predicted octanol–water partition coefficient (Wildman–Crippen LogP) is 2.57. The monoisotopic (exact) mass is 388 g/mol. The highest BCUT2D eigenvalue weighted by molar-refractivity contribution is 7.89. The van der Waals surface area contributed by atoms with Crippen molar-refractivity contribution in [2.75, 3.05) is 7.11 Å². The summed E-state index contributed by atoms with van der Waals surface area (Å²) in [5.41, 5.74) is 2.34. The third-order valence-corrected chi connectivity index (χ3v) is 6.21. The minimum Gasteiger partial charge on any atom is -0.496 e. The molecule has 2 aromatic carbocycles. The van der Waals surface area contributed by atoms with Crippen LogP contribution in [0.1, 0.15) is 41.3 Å². The van der Waals surface area contributed by atoms with Crippen molar-refractivity contribution in [1.82, 2.24) is 5.32 Å². The summed E-state index contributed by atoms with van der Waals surface area (Å²) in [5.74, 6) is 0.445. The van der Waals surface area contributed by atoms with Crippen LogP contribution in [0.2, 0.25) is 0 Å². The van der Waals surface area contributed by atoms with Crippen molar-refractivity contribution in [3.8, 4) is 5.75 Å². The second-order valence-electron chi connectivity index (χ2n) is 7.57. The first-order chi connectivity index (χ1) is 12.6. The SMILES string of the molecule is COc1cc(C)ccc1C(=O)N[C@@H]1[C@@H](c2ccc(S(N)(=O)=O)cc2)C1(C)C. The van der Waals surface area contributed by atoms with Gasteiger partial charge >= 0.3 is 0 Å². The molecule has 7 heteroatoms. The maximum Gasteiger partial charge on any atom is 0.255 e. The standard InChI is InChI=1S/C20H24N2O4S/c1-12-5-10-15(16(11-12)26-4)19(23)22-18-17(20(18,2)3)13-6-8-14(9-7-13)27(21,24)25/h5-11,17-18H,1-4H3,(H,22,23)(H2,21,24,25)/t17-,18-/m1/s1. The highest BCUT2D eigenvalue weighted by Gasteiger charge is 2.59. The Hall–Kier alpha value is -2.38. The first-order valence-electron chi connectivity index (χ1n) is 8.64. The molecule has 0 heterocycles. The van der Waals surface area contributed by atoms with Crippen LogP contribution in [0.3, 0.4) is 0 Å². The number of carbonyl (C=O) groups is 1. The zero-order chi connectivity index (χ0) is 20.0. The van der Waals surface area contributed by atoms with Crippen molar-refractivity contribution in [3.63, 3.8) is 0 Å². The maximum absolute atomic E-state index is 12.7.